The van der Waals surface area contributed by atoms with Crippen molar-refractivity contribution in [2.75, 3.05) is 13.2 Å². The molecule has 0 atom stereocenters. The van der Waals surface area contributed by atoms with Crippen LogP contribution in [0.2, 0.25) is 5.02 Å². The number of hydrogen-bond donors (Lipinski definition) is 1. The molecule has 0 aliphatic rings. The van der Waals surface area contributed by atoms with E-state index in [-0.39, 0.29) is 18.5 Å². The molecule has 0 radical (unpaired) electrons. The predicted octanol–water partition coefficient (Wildman–Crippen LogP) is 3.00. The van der Waals surface area contributed by atoms with Gasteiger partial charge in [-0.3, -0.25) is 9.78 Å². The molecular weight excluding hydrogens is 340 g/mol. The predicted molar refractivity (Wildman–Crippen MR) is 94.5 cm³/mol. The lowest BCUT2D eigenvalue weighted by molar-refractivity contribution is 0.0946. The van der Waals surface area contributed by atoms with E-state index >= 15 is 0 Å². The van der Waals surface area contributed by atoms with E-state index in [1.54, 1.807) is 42.9 Å². The maximum atomic E-state index is 11.9. The summed E-state index contributed by atoms with van der Waals surface area (Å²) in [6, 6.07) is 12.5. The summed E-state index contributed by atoms with van der Waals surface area (Å²) in [5.41, 5.74) is 2.15. The Morgan fingerprint density at radius 3 is 2.48 bits per heavy atom. The fraction of sp³-hybridized carbons (Fsp3) is 0.111. The van der Waals surface area contributed by atoms with Crippen molar-refractivity contribution in [1.82, 2.24) is 20.3 Å². The summed E-state index contributed by atoms with van der Waals surface area (Å²) in [4.78, 5) is 24.4. The molecule has 2 aromatic heterocycles. The molecule has 3 rings (SSSR count). The van der Waals surface area contributed by atoms with Gasteiger partial charge in [0.25, 0.3) is 5.91 Å². The Balaban J connectivity index is 1.46. The van der Waals surface area contributed by atoms with Crippen LogP contribution in [0.25, 0.3) is 11.3 Å². The number of nitrogens with one attached hydrogen (secondary N) is 1. The van der Waals surface area contributed by atoms with E-state index < -0.39 is 0 Å². The Labute approximate surface area is 149 Å². The first-order chi connectivity index (χ1) is 12.2. The van der Waals surface area contributed by atoms with Crippen molar-refractivity contribution in [3.05, 3.63) is 71.6 Å². The van der Waals surface area contributed by atoms with Crippen LogP contribution in [-0.4, -0.2) is 34.0 Å². The summed E-state index contributed by atoms with van der Waals surface area (Å²) in [5, 5.41) is 3.34. The fourth-order valence-corrected chi connectivity index (χ4v) is 2.19. The van der Waals surface area contributed by atoms with Crippen LogP contribution in [0.15, 0.2) is 61.1 Å². The molecule has 2 heterocycles. The van der Waals surface area contributed by atoms with Crippen LogP contribution < -0.4 is 10.1 Å². The Kier molecular flexibility index (Phi) is 5.53. The number of hydrogen-bond acceptors (Lipinski definition) is 5. The first-order valence-corrected chi connectivity index (χ1v) is 8.00. The lowest BCUT2D eigenvalue weighted by Crippen LogP contribution is -2.28. The van der Waals surface area contributed by atoms with Gasteiger partial charge in [-0.15, -0.1) is 0 Å². The molecule has 0 unspecified atom stereocenters. The third-order valence-corrected chi connectivity index (χ3v) is 3.57. The first-order valence-electron chi connectivity index (χ1n) is 7.62. The summed E-state index contributed by atoms with van der Waals surface area (Å²) in [5.74, 6) is -0.188. The Bertz CT molecular complexity index is 824. The number of carbonyl (C=O) groups is 1. The second-order valence-electron chi connectivity index (χ2n) is 5.08. The van der Waals surface area contributed by atoms with Crippen LogP contribution in [0, 0.1) is 0 Å². The normalized spacial score (nSPS) is 10.3. The van der Waals surface area contributed by atoms with Crippen molar-refractivity contribution in [1.29, 1.82) is 0 Å². The molecule has 0 fully saturated rings. The second kappa shape index (κ2) is 8.21. The quantitative estimate of drug-likeness (QED) is 0.688. The summed E-state index contributed by atoms with van der Waals surface area (Å²) < 4.78 is 5.42. The van der Waals surface area contributed by atoms with Gasteiger partial charge in [-0.05, 0) is 36.4 Å². The van der Waals surface area contributed by atoms with Crippen molar-refractivity contribution in [2.24, 2.45) is 0 Å². The molecule has 7 heteroatoms. The van der Waals surface area contributed by atoms with Gasteiger partial charge in [0.15, 0.2) is 0 Å². The largest absolute Gasteiger partial charge is 0.462 e. The van der Waals surface area contributed by atoms with Crippen molar-refractivity contribution in [3.63, 3.8) is 0 Å². The van der Waals surface area contributed by atoms with Gasteiger partial charge in [0, 0.05) is 34.7 Å². The molecule has 6 nitrogen and oxygen atoms in total. The van der Waals surface area contributed by atoms with E-state index in [0.717, 1.165) is 11.3 Å². The fourth-order valence-electron chi connectivity index (χ4n) is 2.07. The van der Waals surface area contributed by atoms with Crippen LogP contribution in [0.4, 0.5) is 0 Å². The minimum absolute atomic E-state index is 0.188. The van der Waals surface area contributed by atoms with E-state index in [4.69, 9.17) is 16.3 Å². The topological polar surface area (TPSA) is 77.0 Å². The minimum Gasteiger partial charge on any atom is -0.462 e. The van der Waals surface area contributed by atoms with Gasteiger partial charge in [-0.1, -0.05) is 17.7 Å². The lowest BCUT2D eigenvalue weighted by atomic mass is 10.2. The van der Waals surface area contributed by atoms with Gasteiger partial charge in [0.2, 0.25) is 0 Å². The smallest absolute Gasteiger partial charge is 0.316 e. The van der Waals surface area contributed by atoms with Crippen molar-refractivity contribution >= 4 is 17.5 Å². The zero-order chi connectivity index (χ0) is 17.5. The summed E-state index contributed by atoms with van der Waals surface area (Å²) in [6.07, 6.45) is 5.01. The van der Waals surface area contributed by atoms with E-state index in [1.165, 1.54) is 0 Å². The van der Waals surface area contributed by atoms with Crippen LogP contribution >= 0.6 is 11.6 Å². The molecule has 1 amide bonds. The minimum atomic E-state index is -0.188. The molecule has 0 saturated heterocycles. The number of halogens is 1. The van der Waals surface area contributed by atoms with Gasteiger partial charge < -0.3 is 10.1 Å². The molecule has 126 valence electrons. The summed E-state index contributed by atoms with van der Waals surface area (Å²) in [7, 11) is 0. The number of amides is 1. The maximum Gasteiger partial charge on any atom is 0.316 e. The molecule has 1 aromatic carbocycles. The first kappa shape index (κ1) is 16.9. The highest BCUT2D eigenvalue weighted by Crippen LogP contribution is 2.15. The monoisotopic (exact) mass is 354 g/mol. The second-order valence-corrected chi connectivity index (χ2v) is 5.52. The van der Waals surface area contributed by atoms with Gasteiger partial charge in [-0.2, -0.15) is 0 Å². The van der Waals surface area contributed by atoms with Crippen molar-refractivity contribution < 1.29 is 9.53 Å². The number of ether oxygens (including phenoxy) is 1. The molecular formula is C18H15ClN4O2. The van der Waals surface area contributed by atoms with Crippen LogP contribution in [0.1, 0.15) is 10.4 Å². The summed E-state index contributed by atoms with van der Waals surface area (Å²) >= 11 is 5.79. The highest BCUT2D eigenvalue weighted by atomic mass is 35.5. The molecule has 0 saturated carbocycles. The number of aromatic nitrogens is 3. The molecule has 0 bridgehead atoms. The molecule has 25 heavy (non-hydrogen) atoms. The third-order valence-electron chi connectivity index (χ3n) is 3.31. The maximum absolute atomic E-state index is 11.9. The van der Waals surface area contributed by atoms with Crippen molar-refractivity contribution in [2.45, 2.75) is 0 Å². The molecule has 0 spiro atoms. The lowest BCUT2D eigenvalue weighted by Gasteiger charge is -2.07. The zero-order valence-electron chi connectivity index (χ0n) is 13.2. The van der Waals surface area contributed by atoms with E-state index in [2.05, 4.69) is 20.3 Å². The standard InChI is InChI=1S/C18H15ClN4O2/c19-15-6-4-13(5-7-15)17(24)21-9-10-25-18-22-11-14(12-23-18)16-3-1-2-8-20-16/h1-8,11-12H,9-10H2,(H,21,24). The molecule has 1 N–H and O–H groups in total. The van der Waals surface area contributed by atoms with Crippen LogP contribution in [0.3, 0.4) is 0 Å². The molecule has 0 aliphatic carbocycles. The van der Waals surface area contributed by atoms with Crippen LogP contribution in [-0.2, 0) is 0 Å². The number of rotatable bonds is 6. The Morgan fingerprint density at radius 1 is 1.04 bits per heavy atom. The third kappa shape index (κ3) is 4.74. The van der Waals surface area contributed by atoms with E-state index in [1.807, 2.05) is 18.2 Å². The van der Waals surface area contributed by atoms with E-state index in [9.17, 15) is 4.79 Å². The van der Waals surface area contributed by atoms with Gasteiger partial charge in [0.05, 0.1) is 12.2 Å². The highest BCUT2D eigenvalue weighted by molar-refractivity contribution is 6.30. The highest BCUT2D eigenvalue weighted by Gasteiger charge is 2.05. The number of pyridine rings is 1. The summed E-state index contributed by atoms with van der Waals surface area (Å²) in [6.45, 7) is 0.606. The average Bonchev–Trinajstić information content (AvgIpc) is 2.67. The van der Waals surface area contributed by atoms with Gasteiger partial charge in [-0.25, -0.2) is 9.97 Å². The molecule has 3 aromatic rings. The Hall–Kier alpha value is -2.99. The van der Waals surface area contributed by atoms with Gasteiger partial charge in [0.1, 0.15) is 6.61 Å². The van der Waals surface area contributed by atoms with Gasteiger partial charge >= 0.3 is 6.01 Å². The average molecular weight is 355 g/mol. The SMILES string of the molecule is O=C(NCCOc1ncc(-c2ccccn2)cn1)c1ccc(Cl)cc1. The zero-order valence-corrected chi connectivity index (χ0v) is 14.0. The van der Waals surface area contributed by atoms with Crippen LogP contribution in [0.5, 0.6) is 6.01 Å². The number of carbonyl (C=O) groups excluding carboxylic acids is 1. The Morgan fingerprint density at radius 2 is 1.80 bits per heavy atom. The van der Waals surface area contributed by atoms with E-state index in [0.29, 0.717) is 17.1 Å². The number of benzene rings is 1. The molecule has 0 aliphatic heterocycles. The van der Waals surface area contributed by atoms with Crippen molar-refractivity contribution in [3.8, 4) is 17.3 Å². The number of nitrogens with zero attached hydrogens (tertiary/aromatic N) is 3.